The third-order valence-electron chi connectivity index (χ3n) is 5.28. The molecule has 8 nitrogen and oxygen atoms in total. The number of thiophene rings is 1. The van der Waals surface area contributed by atoms with E-state index >= 15 is 0 Å². The summed E-state index contributed by atoms with van der Waals surface area (Å²) in [6.07, 6.45) is 6.12. The second kappa shape index (κ2) is 9.82. The first-order chi connectivity index (χ1) is 15.1. The van der Waals surface area contributed by atoms with Gasteiger partial charge in [0.05, 0.1) is 0 Å². The molecule has 1 aliphatic rings. The van der Waals surface area contributed by atoms with E-state index in [1.165, 1.54) is 10.4 Å². The molecule has 9 heteroatoms. The van der Waals surface area contributed by atoms with Crippen molar-refractivity contribution in [2.24, 2.45) is 0 Å². The molecule has 2 amide bonds. The Bertz CT molecular complexity index is 1030. The van der Waals surface area contributed by atoms with Gasteiger partial charge in [0.2, 0.25) is 23.5 Å². The van der Waals surface area contributed by atoms with E-state index < -0.39 is 6.04 Å². The quantitative estimate of drug-likeness (QED) is 0.579. The van der Waals surface area contributed by atoms with Crippen molar-refractivity contribution in [2.45, 2.75) is 51.6 Å². The first kappa shape index (κ1) is 21.2. The number of hydrogen-bond donors (Lipinski definition) is 1. The number of nitrogens with one attached hydrogen (secondary N) is 1. The summed E-state index contributed by atoms with van der Waals surface area (Å²) >= 11 is 1.74. The van der Waals surface area contributed by atoms with Crippen LogP contribution in [-0.4, -0.2) is 44.4 Å². The average molecular weight is 440 g/mol. The number of fused-ring (bicyclic) bond motifs is 1. The number of hydrogen-bond acceptors (Lipinski definition) is 7. The number of aryl methyl sites for hydroxylation is 1. The third kappa shape index (κ3) is 5.16. The van der Waals surface area contributed by atoms with E-state index in [0.717, 1.165) is 18.4 Å². The van der Waals surface area contributed by atoms with Gasteiger partial charge in [0.25, 0.3) is 0 Å². The van der Waals surface area contributed by atoms with Crippen LogP contribution in [0.4, 0.5) is 0 Å². The number of pyridine rings is 1. The minimum Gasteiger partial charge on any atom is -0.344 e. The van der Waals surface area contributed by atoms with Crippen LogP contribution in [0.2, 0.25) is 0 Å². The van der Waals surface area contributed by atoms with Crippen LogP contribution in [0.5, 0.6) is 0 Å². The molecular formula is C22H25N5O3S. The number of aromatic nitrogens is 3. The van der Waals surface area contributed by atoms with Crippen molar-refractivity contribution in [3.8, 4) is 11.4 Å². The predicted molar refractivity (Wildman–Crippen MR) is 116 cm³/mol. The molecular weight excluding hydrogens is 414 g/mol. The molecule has 1 N–H and O–H groups in total. The molecule has 0 fully saturated rings. The predicted octanol–water partition coefficient (Wildman–Crippen LogP) is 3.00. The van der Waals surface area contributed by atoms with Crippen LogP contribution in [0.15, 0.2) is 40.5 Å². The van der Waals surface area contributed by atoms with Crippen molar-refractivity contribution in [3.63, 3.8) is 0 Å². The molecule has 1 atom stereocenters. The van der Waals surface area contributed by atoms with Gasteiger partial charge in [0, 0.05) is 48.8 Å². The summed E-state index contributed by atoms with van der Waals surface area (Å²) in [5, 5.41) is 8.93. The minimum atomic E-state index is -0.508. The Morgan fingerprint density at radius 1 is 1.35 bits per heavy atom. The van der Waals surface area contributed by atoms with E-state index in [9.17, 15) is 9.59 Å². The Kier molecular flexibility index (Phi) is 6.71. The van der Waals surface area contributed by atoms with E-state index in [4.69, 9.17) is 4.52 Å². The molecule has 0 saturated carbocycles. The number of nitrogens with zero attached hydrogens (tertiary/aromatic N) is 4. The summed E-state index contributed by atoms with van der Waals surface area (Å²) in [6.45, 7) is 3.33. The topological polar surface area (TPSA) is 101 Å². The van der Waals surface area contributed by atoms with Gasteiger partial charge in [0.15, 0.2) is 0 Å². The van der Waals surface area contributed by atoms with Crippen molar-refractivity contribution in [1.82, 2.24) is 25.3 Å². The fourth-order valence-corrected chi connectivity index (χ4v) is 4.55. The highest BCUT2D eigenvalue weighted by molar-refractivity contribution is 7.10. The average Bonchev–Trinajstić information content (AvgIpc) is 3.46. The summed E-state index contributed by atoms with van der Waals surface area (Å²) in [4.78, 5) is 37.2. The maximum absolute atomic E-state index is 13.1. The van der Waals surface area contributed by atoms with Crippen molar-refractivity contribution < 1.29 is 14.1 Å². The third-order valence-corrected chi connectivity index (χ3v) is 6.31. The Labute approximate surface area is 184 Å². The Balaban J connectivity index is 1.32. The Morgan fingerprint density at radius 2 is 2.26 bits per heavy atom. The smallest absolute Gasteiger partial charge is 0.245 e. The summed E-state index contributed by atoms with van der Waals surface area (Å²) in [5.41, 5.74) is 1.97. The standard InChI is InChI=1S/C22H25N5O3S/c1-2-4-17(22(29)27-11-8-18-16(14-27)9-12-31-18)24-19(28)6-7-20-25-21(26-30-20)15-5-3-10-23-13-15/h3,5,9-10,12-13,17H,2,4,6-8,11,14H2,1H3,(H,24,28). The zero-order valence-electron chi connectivity index (χ0n) is 17.4. The molecule has 3 aromatic rings. The lowest BCUT2D eigenvalue weighted by Crippen LogP contribution is -2.49. The molecule has 31 heavy (non-hydrogen) atoms. The maximum Gasteiger partial charge on any atom is 0.245 e. The molecule has 0 spiro atoms. The van der Waals surface area contributed by atoms with E-state index in [0.29, 0.717) is 37.6 Å². The van der Waals surface area contributed by atoms with Gasteiger partial charge < -0.3 is 14.7 Å². The lowest BCUT2D eigenvalue weighted by atomic mass is 10.1. The van der Waals surface area contributed by atoms with Gasteiger partial charge in [-0.05, 0) is 42.0 Å². The fourth-order valence-electron chi connectivity index (χ4n) is 3.66. The van der Waals surface area contributed by atoms with Crippen LogP contribution in [0.3, 0.4) is 0 Å². The Morgan fingerprint density at radius 3 is 3.06 bits per heavy atom. The first-order valence-electron chi connectivity index (χ1n) is 10.5. The van der Waals surface area contributed by atoms with Crippen molar-refractivity contribution >= 4 is 23.2 Å². The largest absolute Gasteiger partial charge is 0.344 e. The minimum absolute atomic E-state index is 0.0105. The molecule has 0 saturated heterocycles. The summed E-state index contributed by atoms with van der Waals surface area (Å²) in [5.74, 6) is 0.624. The molecule has 0 radical (unpaired) electrons. The van der Waals surface area contributed by atoms with Crippen LogP contribution in [0.25, 0.3) is 11.4 Å². The number of amides is 2. The second-order valence-electron chi connectivity index (χ2n) is 7.54. The van der Waals surface area contributed by atoms with E-state index in [1.807, 2.05) is 17.9 Å². The van der Waals surface area contributed by atoms with Crippen LogP contribution in [0.1, 0.15) is 42.5 Å². The Hall–Kier alpha value is -3.07. The first-order valence-corrected chi connectivity index (χ1v) is 11.4. The van der Waals surface area contributed by atoms with Crippen LogP contribution >= 0.6 is 11.3 Å². The number of carbonyl (C=O) groups is 2. The number of carbonyl (C=O) groups excluding carboxylic acids is 2. The highest BCUT2D eigenvalue weighted by Gasteiger charge is 2.28. The van der Waals surface area contributed by atoms with Gasteiger partial charge in [0.1, 0.15) is 6.04 Å². The van der Waals surface area contributed by atoms with Gasteiger partial charge in [-0.25, -0.2) is 0 Å². The molecule has 0 bridgehead atoms. The fraction of sp³-hybridized carbons (Fsp3) is 0.409. The van der Waals surface area contributed by atoms with Gasteiger partial charge in [-0.1, -0.05) is 18.5 Å². The lowest BCUT2D eigenvalue weighted by molar-refractivity contribution is -0.137. The van der Waals surface area contributed by atoms with Gasteiger partial charge >= 0.3 is 0 Å². The molecule has 3 aromatic heterocycles. The molecule has 1 aliphatic heterocycles. The molecule has 1 unspecified atom stereocenters. The van der Waals surface area contributed by atoms with Crippen LogP contribution in [0, 0.1) is 0 Å². The highest BCUT2D eigenvalue weighted by atomic mass is 32.1. The number of rotatable bonds is 8. The van der Waals surface area contributed by atoms with Crippen LogP contribution in [-0.2, 0) is 29.0 Å². The van der Waals surface area contributed by atoms with E-state index in [-0.39, 0.29) is 18.2 Å². The zero-order valence-corrected chi connectivity index (χ0v) is 18.2. The van der Waals surface area contributed by atoms with Gasteiger partial charge in [-0.15, -0.1) is 11.3 Å². The van der Waals surface area contributed by atoms with Crippen molar-refractivity contribution in [2.75, 3.05) is 6.54 Å². The van der Waals surface area contributed by atoms with E-state index in [1.54, 1.807) is 29.8 Å². The van der Waals surface area contributed by atoms with E-state index in [2.05, 4.69) is 31.9 Å². The molecule has 4 heterocycles. The summed E-state index contributed by atoms with van der Waals surface area (Å²) in [7, 11) is 0. The molecule has 4 rings (SSSR count). The molecule has 162 valence electrons. The van der Waals surface area contributed by atoms with Crippen molar-refractivity contribution in [1.29, 1.82) is 0 Å². The molecule has 0 aromatic carbocycles. The monoisotopic (exact) mass is 439 g/mol. The molecule has 0 aliphatic carbocycles. The van der Waals surface area contributed by atoms with Gasteiger partial charge in [-0.2, -0.15) is 4.98 Å². The summed E-state index contributed by atoms with van der Waals surface area (Å²) in [6, 6.07) is 5.21. The van der Waals surface area contributed by atoms with Crippen molar-refractivity contribution in [3.05, 3.63) is 52.3 Å². The maximum atomic E-state index is 13.1. The second-order valence-corrected chi connectivity index (χ2v) is 8.54. The highest BCUT2D eigenvalue weighted by Crippen LogP contribution is 2.24. The van der Waals surface area contributed by atoms with Crippen LogP contribution < -0.4 is 5.32 Å². The normalized spacial score (nSPS) is 14.2. The lowest BCUT2D eigenvalue weighted by Gasteiger charge is -2.30. The zero-order chi connectivity index (χ0) is 21.6. The summed E-state index contributed by atoms with van der Waals surface area (Å²) < 4.78 is 5.25. The van der Waals surface area contributed by atoms with Gasteiger partial charge in [-0.3, -0.25) is 14.6 Å². The SMILES string of the molecule is CCCC(NC(=O)CCc1nc(-c2cccnc2)no1)C(=O)N1CCc2sccc2C1.